The number of rotatable bonds is 4. The zero-order chi connectivity index (χ0) is 12.3. The van der Waals surface area contributed by atoms with Crippen LogP contribution in [0.4, 0.5) is 0 Å². The molecule has 0 N–H and O–H groups in total. The summed E-state index contributed by atoms with van der Waals surface area (Å²) >= 11 is 3.12. The fourth-order valence-electron chi connectivity index (χ4n) is 1.43. The van der Waals surface area contributed by atoms with E-state index in [1.54, 1.807) is 30.4 Å². The van der Waals surface area contributed by atoms with Gasteiger partial charge in [0.2, 0.25) is 0 Å². The van der Waals surface area contributed by atoms with Crippen molar-refractivity contribution in [2.24, 2.45) is 0 Å². The highest BCUT2D eigenvalue weighted by Crippen LogP contribution is 2.32. The Kier molecular flexibility index (Phi) is 3.96. The third kappa shape index (κ3) is 2.42. The second-order valence-corrected chi connectivity index (χ2v) is 5.29. The SMILES string of the molecule is CCOC(=O)c1ncc2ncsc2c1SCC. The lowest BCUT2D eigenvalue weighted by Gasteiger charge is -2.07. The zero-order valence-electron chi connectivity index (χ0n) is 9.60. The van der Waals surface area contributed by atoms with Gasteiger partial charge in [-0.2, -0.15) is 0 Å². The van der Waals surface area contributed by atoms with Crippen molar-refractivity contribution < 1.29 is 9.53 Å². The van der Waals surface area contributed by atoms with E-state index in [9.17, 15) is 4.79 Å². The molecule has 4 nitrogen and oxygen atoms in total. The van der Waals surface area contributed by atoms with E-state index in [2.05, 4.69) is 9.97 Å². The van der Waals surface area contributed by atoms with Crippen molar-refractivity contribution in [2.75, 3.05) is 12.4 Å². The van der Waals surface area contributed by atoms with E-state index in [4.69, 9.17) is 4.74 Å². The van der Waals surface area contributed by atoms with Crippen LogP contribution in [0, 0.1) is 0 Å². The molecule has 0 bridgehead atoms. The van der Waals surface area contributed by atoms with Gasteiger partial charge in [0, 0.05) is 0 Å². The quantitative estimate of drug-likeness (QED) is 0.630. The predicted octanol–water partition coefficient (Wildman–Crippen LogP) is 2.98. The molecular formula is C11H12N2O2S2. The summed E-state index contributed by atoms with van der Waals surface area (Å²) in [6.45, 7) is 4.19. The van der Waals surface area contributed by atoms with E-state index >= 15 is 0 Å². The van der Waals surface area contributed by atoms with E-state index in [1.165, 1.54) is 11.3 Å². The molecule has 2 aromatic heterocycles. The molecule has 0 spiro atoms. The predicted molar refractivity (Wildman–Crippen MR) is 69.8 cm³/mol. The summed E-state index contributed by atoms with van der Waals surface area (Å²) in [6.07, 6.45) is 1.62. The first-order valence-electron chi connectivity index (χ1n) is 5.30. The molecule has 2 rings (SSSR count). The number of aromatic nitrogens is 2. The van der Waals surface area contributed by atoms with Gasteiger partial charge in [-0.1, -0.05) is 6.92 Å². The molecule has 0 unspecified atom stereocenters. The van der Waals surface area contributed by atoms with Crippen LogP contribution in [0.5, 0.6) is 0 Å². The second kappa shape index (κ2) is 5.46. The van der Waals surface area contributed by atoms with Crippen molar-refractivity contribution in [1.82, 2.24) is 9.97 Å². The minimum atomic E-state index is -0.362. The smallest absolute Gasteiger partial charge is 0.358 e. The molecule has 0 saturated heterocycles. The highest BCUT2D eigenvalue weighted by Gasteiger charge is 2.18. The van der Waals surface area contributed by atoms with Crippen molar-refractivity contribution in [3.05, 3.63) is 17.4 Å². The lowest BCUT2D eigenvalue weighted by Crippen LogP contribution is -2.08. The van der Waals surface area contributed by atoms with Gasteiger partial charge < -0.3 is 4.74 Å². The molecule has 0 aromatic carbocycles. The van der Waals surface area contributed by atoms with Crippen LogP contribution in [0.1, 0.15) is 24.3 Å². The summed E-state index contributed by atoms with van der Waals surface area (Å²) in [5.41, 5.74) is 3.00. The molecule has 0 fully saturated rings. The van der Waals surface area contributed by atoms with Gasteiger partial charge in [-0.05, 0) is 12.7 Å². The Labute approximate surface area is 107 Å². The molecule has 0 saturated carbocycles. The van der Waals surface area contributed by atoms with Gasteiger partial charge in [0.1, 0.15) is 5.52 Å². The number of ether oxygens (including phenoxy) is 1. The van der Waals surface area contributed by atoms with Crippen LogP contribution in [0.3, 0.4) is 0 Å². The Morgan fingerprint density at radius 1 is 1.47 bits per heavy atom. The Bertz CT molecular complexity index is 539. The maximum absolute atomic E-state index is 11.8. The van der Waals surface area contributed by atoms with E-state index in [-0.39, 0.29) is 5.97 Å². The minimum absolute atomic E-state index is 0.359. The maximum atomic E-state index is 11.8. The summed E-state index contributed by atoms with van der Waals surface area (Å²) in [5.74, 6) is 0.518. The lowest BCUT2D eigenvalue weighted by atomic mass is 10.3. The number of carbonyl (C=O) groups is 1. The van der Waals surface area contributed by atoms with Gasteiger partial charge in [-0.15, -0.1) is 23.1 Å². The standard InChI is InChI=1S/C11H12N2O2S2/c1-3-15-11(14)8-10(16-4-2)9-7(5-12-8)13-6-17-9/h5-6H,3-4H2,1-2H3. The van der Waals surface area contributed by atoms with Crippen LogP contribution in [0.15, 0.2) is 16.6 Å². The van der Waals surface area contributed by atoms with E-state index in [0.717, 1.165) is 20.9 Å². The van der Waals surface area contributed by atoms with Crippen LogP contribution >= 0.6 is 23.1 Å². The Balaban J connectivity index is 2.53. The molecule has 2 heterocycles. The van der Waals surface area contributed by atoms with Crippen molar-refractivity contribution >= 4 is 39.3 Å². The van der Waals surface area contributed by atoms with Gasteiger partial charge in [-0.25, -0.2) is 14.8 Å². The van der Waals surface area contributed by atoms with E-state index in [0.29, 0.717) is 12.3 Å². The number of thiazole rings is 1. The van der Waals surface area contributed by atoms with Gasteiger partial charge in [0.15, 0.2) is 5.69 Å². The van der Waals surface area contributed by atoms with Crippen molar-refractivity contribution in [3.63, 3.8) is 0 Å². The highest BCUT2D eigenvalue weighted by atomic mass is 32.2. The van der Waals surface area contributed by atoms with Crippen molar-refractivity contribution in [3.8, 4) is 0 Å². The molecule has 0 aliphatic carbocycles. The fraction of sp³-hybridized carbons (Fsp3) is 0.364. The number of nitrogens with zero attached hydrogens (tertiary/aromatic N) is 2. The summed E-state index contributed by atoms with van der Waals surface area (Å²) < 4.78 is 6.02. The average Bonchev–Trinajstić information content (AvgIpc) is 2.78. The summed E-state index contributed by atoms with van der Waals surface area (Å²) in [4.78, 5) is 21.0. The van der Waals surface area contributed by atoms with Gasteiger partial charge in [0.25, 0.3) is 0 Å². The van der Waals surface area contributed by atoms with Gasteiger partial charge in [-0.3, -0.25) is 0 Å². The Morgan fingerprint density at radius 2 is 2.29 bits per heavy atom. The minimum Gasteiger partial charge on any atom is -0.461 e. The Hall–Kier alpha value is -1.14. The molecule has 0 radical (unpaired) electrons. The van der Waals surface area contributed by atoms with Crippen LogP contribution in [-0.4, -0.2) is 28.3 Å². The van der Waals surface area contributed by atoms with Crippen LogP contribution in [0.2, 0.25) is 0 Å². The van der Waals surface area contributed by atoms with Crippen molar-refractivity contribution in [1.29, 1.82) is 0 Å². The monoisotopic (exact) mass is 268 g/mol. The molecule has 6 heteroatoms. The second-order valence-electron chi connectivity index (χ2n) is 3.16. The summed E-state index contributed by atoms with van der Waals surface area (Å²) in [6, 6.07) is 0. The molecule has 0 amide bonds. The molecule has 2 aromatic rings. The molecule has 0 aliphatic heterocycles. The lowest BCUT2D eigenvalue weighted by molar-refractivity contribution is 0.0515. The summed E-state index contributed by atoms with van der Waals surface area (Å²) in [5, 5.41) is 0. The number of esters is 1. The largest absolute Gasteiger partial charge is 0.461 e. The number of fused-ring (bicyclic) bond motifs is 1. The maximum Gasteiger partial charge on any atom is 0.358 e. The molecule has 17 heavy (non-hydrogen) atoms. The first-order valence-corrected chi connectivity index (χ1v) is 7.16. The number of pyridine rings is 1. The molecular weight excluding hydrogens is 256 g/mol. The van der Waals surface area contributed by atoms with Gasteiger partial charge in [0.05, 0.1) is 27.9 Å². The number of carbonyl (C=O) groups excluding carboxylic acids is 1. The van der Waals surface area contributed by atoms with E-state index in [1.807, 2.05) is 6.92 Å². The normalized spacial score (nSPS) is 10.7. The molecule has 0 atom stereocenters. The van der Waals surface area contributed by atoms with Crippen molar-refractivity contribution in [2.45, 2.75) is 18.7 Å². The highest BCUT2D eigenvalue weighted by molar-refractivity contribution is 7.99. The summed E-state index contributed by atoms with van der Waals surface area (Å²) in [7, 11) is 0. The first-order chi connectivity index (χ1) is 8.27. The zero-order valence-corrected chi connectivity index (χ0v) is 11.2. The molecule has 0 aliphatic rings. The molecule has 90 valence electrons. The topological polar surface area (TPSA) is 52.1 Å². The van der Waals surface area contributed by atoms with E-state index < -0.39 is 0 Å². The third-order valence-electron chi connectivity index (χ3n) is 2.09. The third-order valence-corrected chi connectivity index (χ3v) is 4.05. The van der Waals surface area contributed by atoms with Crippen LogP contribution in [0.25, 0.3) is 10.2 Å². The van der Waals surface area contributed by atoms with Crippen LogP contribution < -0.4 is 0 Å². The number of hydrogen-bond donors (Lipinski definition) is 0. The number of thioether (sulfide) groups is 1. The first kappa shape index (κ1) is 12.3. The average molecular weight is 268 g/mol. The van der Waals surface area contributed by atoms with Crippen LogP contribution in [-0.2, 0) is 4.74 Å². The fourth-order valence-corrected chi connectivity index (χ4v) is 3.25. The number of hydrogen-bond acceptors (Lipinski definition) is 6. The Morgan fingerprint density at radius 3 is 3.00 bits per heavy atom. The van der Waals surface area contributed by atoms with Gasteiger partial charge >= 0.3 is 5.97 Å².